The number of hydrogen-bond acceptors (Lipinski definition) is 1. The van der Waals surface area contributed by atoms with E-state index in [4.69, 9.17) is 0 Å². The second-order valence-electron chi connectivity index (χ2n) is 3.69. The van der Waals surface area contributed by atoms with E-state index in [-0.39, 0.29) is 5.82 Å². The lowest BCUT2D eigenvalue weighted by atomic mass is 10.2. The summed E-state index contributed by atoms with van der Waals surface area (Å²) in [5, 5.41) is 0.746. The second kappa shape index (κ2) is 4.91. The van der Waals surface area contributed by atoms with Gasteiger partial charge in [-0.15, -0.1) is 0 Å². The van der Waals surface area contributed by atoms with Gasteiger partial charge in [-0.2, -0.15) is 11.8 Å². The van der Waals surface area contributed by atoms with E-state index in [0.29, 0.717) is 0 Å². The molecule has 0 aliphatic heterocycles. The Kier molecular flexibility index (Phi) is 3.54. The van der Waals surface area contributed by atoms with Gasteiger partial charge in [0, 0.05) is 23.4 Å². The number of hydrogen-bond donors (Lipinski definition) is 0. The summed E-state index contributed by atoms with van der Waals surface area (Å²) in [4.78, 5) is 0. The maximum atomic E-state index is 13.6. The van der Waals surface area contributed by atoms with Crippen molar-refractivity contribution in [3.63, 3.8) is 0 Å². The molecule has 86 valence electrons. The smallest absolute Gasteiger partial charge is 0.132 e. The van der Waals surface area contributed by atoms with Crippen molar-refractivity contribution in [1.82, 2.24) is 4.57 Å². The normalized spacial score (nSPS) is 11.2. The van der Waals surface area contributed by atoms with E-state index < -0.39 is 0 Å². The van der Waals surface area contributed by atoms with Gasteiger partial charge >= 0.3 is 0 Å². The molecule has 1 nitrogen and oxygen atoms in total. The van der Waals surface area contributed by atoms with Crippen LogP contribution < -0.4 is 0 Å². The van der Waals surface area contributed by atoms with E-state index in [1.165, 1.54) is 11.8 Å². The minimum atomic E-state index is -0.118. The van der Waals surface area contributed by atoms with Crippen molar-refractivity contribution in [2.45, 2.75) is 26.1 Å². The van der Waals surface area contributed by atoms with Crippen LogP contribution in [0.1, 0.15) is 19.5 Å². The summed E-state index contributed by atoms with van der Waals surface area (Å²) in [5.74, 6) is 1.93. The predicted octanol–water partition coefficient (Wildman–Crippen LogP) is 4.05. The quantitative estimate of drug-likeness (QED) is 0.776. The van der Waals surface area contributed by atoms with Crippen molar-refractivity contribution in [3.05, 3.63) is 35.8 Å². The SMILES string of the molecule is CCSCc1cc2c(F)cccc2n1CC. The standard InChI is InChI=1S/C13H16FNS/c1-3-15-10(9-16-4-2)8-11-12(14)6-5-7-13(11)15/h5-8H,3-4,9H2,1-2H3. The van der Waals surface area contributed by atoms with Gasteiger partial charge in [-0.25, -0.2) is 4.39 Å². The summed E-state index contributed by atoms with van der Waals surface area (Å²) >= 11 is 1.87. The molecule has 2 aromatic rings. The Morgan fingerprint density at radius 3 is 2.81 bits per heavy atom. The Morgan fingerprint density at radius 1 is 1.31 bits per heavy atom. The van der Waals surface area contributed by atoms with E-state index in [2.05, 4.69) is 18.4 Å². The zero-order valence-electron chi connectivity index (χ0n) is 9.66. The van der Waals surface area contributed by atoms with Gasteiger partial charge in [0.1, 0.15) is 5.82 Å². The number of thioether (sulfide) groups is 1. The van der Waals surface area contributed by atoms with Crippen molar-refractivity contribution >= 4 is 22.7 Å². The van der Waals surface area contributed by atoms with E-state index >= 15 is 0 Å². The average Bonchev–Trinajstić information content (AvgIpc) is 2.65. The number of halogens is 1. The zero-order valence-corrected chi connectivity index (χ0v) is 10.5. The maximum Gasteiger partial charge on any atom is 0.132 e. The third-order valence-electron chi connectivity index (χ3n) is 2.75. The van der Waals surface area contributed by atoms with Gasteiger partial charge in [0.05, 0.1) is 5.52 Å². The first-order valence-electron chi connectivity index (χ1n) is 5.62. The highest BCUT2D eigenvalue weighted by Crippen LogP contribution is 2.25. The first-order chi connectivity index (χ1) is 7.77. The molecule has 0 saturated heterocycles. The van der Waals surface area contributed by atoms with E-state index in [9.17, 15) is 4.39 Å². The van der Waals surface area contributed by atoms with Crippen LogP contribution in [0.5, 0.6) is 0 Å². The van der Waals surface area contributed by atoms with Crippen molar-refractivity contribution in [3.8, 4) is 0 Å². The van der Waals surface area contributed by atoms with Gasteiger partial charge in [0.2, 0.25) is 0 Å². The molecule has 2 rings (SSSR count). The summed E-state index contributed by atoms with van der Waals surface area (Å²) in [7, 11) is 0. The van der Waals surface area contributed by atoms with Crippen LogP contribution in [-0.2, 0) is 12.3 Å². The Hall–Kier alpha value is -0.960. The van der Waals surface area contributed by atoms with Gasteiger partial charge in [-0.1, -0.05) is 13.0 Å². The first kappa shape index (κ1) is 11.5. The zero-order chi connectivity index (χ0) is 11.5. The molecular weight excluding hydrogens is 221 g/mol. The van der Waals surface area contributed by atoms with Crippen LogP contribution in [0, 0.1) is 5.82 Å². The molecule has 3 heteroatoms. The lowest BCUT2D eigenvalue weighted by Crippen LogP contribution is -1.98. The largest absolute Gasteiger partial charge is 0.344 e. The van der Waals surface area contributed by atoms with Crippen LogP contribution in [0.25, 0.3) is 10.9 Å². The Bertz CT molecular complexity index is 490. The summed E-state index contributed by atoms with van der Waals surface area (Å²) in [5.41, 5.74) is 2.23. The minimum absolute atomic E-state index is 0.118. The molecule has 0 aliphatic rings. The molecule has 0 bridgehead atoms. The van der Waals surface area contributed by atoms with Crippen molar-refractivity contribution in [2.24, 2.45) is 0 Å². The molecule has 0 N–H and O–H groups in total. The van der Waals surface area contributed by atoms with Gasteiger partial charge < -0.3 is 4.57 Å². The van der Waals surface area contributed by atoms with Crippen molar-refractivity contribution in [2.75, 3.05) is 5.75 Å². The Labute approximate surface area is 99.6 Å². The molecule has 0 saturated carbocycles. The molecule has 0 fully saturated rings. The fraction of sp³-hybridized carbons (Fsp3) is 0.385. The highest BCUT2D eigenvalue weighted by Gasteiger charge is 2.09. The number of rotatable bonds is 4. The molecule has 1 aromatic heterocycles. The lowest BCUT2D eigenvalue weighted by molar-refractivity contribution is 0.639. The van der Waals surface area contributed by atoms with Gasteiger partial charge in [0.15, 0.2) is 0 Å². The molecule has 0 atom stereocenters. The molecule has 1 heterocycles. The fourth-order valence-electron chi connectivity index (χ4n) is 2.00. The molecule has 0 radical (unpaired) electrons. The predicted molar refractivity (Wildman–Crippen MR) is 69.4 cm³/mol. The molecule has 1 aromatic carbocycles. The highest BCUT2D eigenvalue weighted by atomic mass is 32.2. The summed E-state index contributed by atoms with van der Waals surface area (Å²) in [6.07, 6.45) is 0. The average molecular weight is 237 g/mol. The molecular formula is C13H16FNS. The van der Waals surface area contributed by atoms with Crippen molar-refractivity contribution < 1.29 is 4.39 Å². The van der Waals surface area contributed by atoms with E-state index in [1.54, 1.807) is 6.07 Å². The van der Waals surface area contributed by atoms with Crippen LogP contribution >= 0.6 is 11.8 Å². The van der Waals surface area contributed by atoms with Crippen LogP contribution in [0.2, 0.25) is 0 Å². The van der Waals surface area contributed by atoms with Crippen LogP contribution in [0.4, 0.5) is 4.39 Å². The third-order valence-corrected chi connectivity index (χ3v) is 3.66. The first-order valence-corrected chi connectivity index (χ1v) is 6.77. The van der Waals surface area contributed by atoms with Gasteiger partial charge in [-0.3, -0.25) is 0 Å². The van der Waals surface area contributed by atoms with Gasteiger partial charge in [0.25, 0.3) is 0 Å². The van der Waals surface area contributed by atoms with Crippen molar-refractivity contribution in [1.29, 1.82) is 0 Å². The molecule has 0 unspecified atom stereocenters. The number of aromatic nitrogens is 1. The van der Waals surface area contributed by atoms with E-state index in [0.717, 1.165) is 29.0 Å². The van der Waals surface area contributed by atoms with Crippen LogP contribution in [0.15, 0.2) is 24.3 Å². The fourth-order valence-corrected chi connectivity index (χ4v) is 2.66. The van der Waals surface area contributed by atoms with Crippen LogP contribution in [-0.4, -0.2) is 10.3 Å². The minimum Gasteiger partial charge on any atom is -0.344 e. The van der Waals surface area contributed by atoms with Crippen LogP contribution in [0.3, 0.4) is 0 Å². The molecule has 0 spiro atoms. The molecule has 0 amide bonds. The summed E-state index contributed by atoms with van der Waals surface area (Å²) in [6, 6.07) is 7.28. The Morgan fingerprint density at radius 2 is 2.12 bits per heavy atom. The lowest BCUT2D eigenvalue weighted by Gasteiger charge is -2.06. The number of nitrogens with zero attached hydrogens (tertiary/aromatic N) is 1. The monoisotopic (exact) mass is 237 g/mol. The highest BCUT2D eigenvalue weighted by molar-refractivity contribution is 7.98. The molecule has 16 heavy (non-hydrogen) atoms. The summed E-state index contributed by atoms with van der Waals surface area (Å²) < 4.78 is 15.8. The second-order valence-corrected chi connectivity index (χ2v) is 4.96. The summed E-state index contributed by atoms with van der Waals surface area (Å²) in [6.45, 7) is 5.14. The molecule has 0 aliphatic carbocycles. The van der Waals surface area contributed by atoms with Gasteiger partial charge in [-0.05, 0) is 30.9 Å². The Balaban J connectivity index is 2.52. The topological polar surface area (TPSA) is 4.93 Å². The van der Waals surface area contributed by atoms with E-state index in [1.807, 2.05) is 23.9 Å². The number of aryl methyl sites for hydroxylation is 1. The maximum absolute atomic E-state index is 13.6. The number of fused-ring (bicyclic) bond motifs is 1. The third kappa shape index (κ3) is 1.96. The number of benzene rings is 1.